The highest BCUT2D eigenvalue weighted by molar-refractivity contribution is 5.53. The minimum absolute atomic E-state index is 1.22. The molecule has 2 rings (SSSR count). The Kier molecular flexibility index (Phi) is 4.77. The molecule has 0 aromatic heterocycles. The van der Waals surface area contributed by atoms with Gasteiger partial charge in [0.15, 0.2) is 0 Å². The second kappa shape index (κ2) is 7.08. The third-order valence-corrected chi connectivity index (χ3v) is 2.51. The van der Waals surface area contributed by atoms with E-state index < -0.39 is 0 Å². The number of benzene rings is 2. The first-order valence-corrected chi connectivity index (χ1v) is 6.07. The van der Waals surface area contributed by atoms with Crippen LogP contribution in [-0.4, -0.2) is 0 Å². The molecule has 0 nitrogen and oxygen atoms in total. The van der Waals surface area contributed by atoms with Crippen molar-refractivity contribution in [3.63, 3.8) is 0 Å². The molecule has 2 aromatic rings. The summed E-state index contributed by atoms with van der Waals surface area (Å²) in [5.74, 6) is 0. The first-order valence-electron chi connectivity index (χ1n) is 6.07. The zero-order chi connectivity index (χ0) is 12.5. The molecule has 0 fully saturated rings. The van der Waals surface area contributed by atoms with Gasteiger partial charge in [-0.15, -0.1) is 0 Å². The van der Waals surface area contributed by atoms with E-state index in [1.807, 2.05) is 60.7 Å². The van der Waals surface area contributed by atoms with Crippen molar-refractivity contribution >= 4 is 12.2 Å². The lowest BCUT2D eigenvalue weighted by Crippen LogP contribution is -1.67. The Hall–Kier alpha value is -2.34. The van der Waals surface area contributed by atoms with E-state index in [4.69, 9.17) is 0 Å². The molecule has 88 valence electrons. The number of hydrogen-bond acceptors (Lipinski definition) is 0. The molecule has 0 unspecified atom stereocenters. The fraction of sp³-hybridized carbons (Fsp3) is 0. The van der Waals surface area contributed by atoms with Gasteiger partial charge in [-0.1, -0.05) is 97.1 Å². The van der Waals surface area contributed by atoms with E-state index in [2.05, 4.69) is 36.4 Å². The van der Waals surface area contributed by atoms with Crippen molar-refractivity contribution in [1.29, 1.82) is 0 Å². The van der Waals surface area contributed by atoms with Crippen LogP contribution in [0, 0.1) is 0 Å². The summed E-state index contributed by atoms with van der Waals surface area (Å²) in [6.45, 7) is 0. The lowest BCUT2D eigenvalue weighted by molar-refractivity contribution is 1.66. The van der Waals surface area contributed by atoms with Gasteiger partial charge in [-0.3, -0.25) is 0 Å². The summed E-state index contributed by atoms with van der Waals surface area (Å²) in [6.07, 6.45) is 12.3. The Bertz CT molecular complexity index is 479. The molecule has 0 N–H and O–H groups in total. The second-order valence-electron chi connectivity index (χ2n) is 3.92. The van der Waals surface area contributed by atoms with E-state index in [0.29, 0.717) is 0 Å². The maximum Gasteiger partial charge on any atom is -0.0257 e. The third-order valence-electron chi connectivity index (χ3n) is 2.51. The van der Waals surface area contributed by atoms with E-state index in [9.17, 15) is 0 Å². The Morgan fingerprint density at radius 1 is 0.444 bits per heavy atom. The monoisotopic (exact) mass is 232 g/mol. The van der Waals surface area contributed by atoms with Gasteiger partial charge in [-0.05, 0) is 11.1 Å². The van der Waals surface area contributed by atoms with Gasteiger partial charge in [0.1, 0.15) is 0 Å². The number of allylic oxidation sites excluding steroid dienone is 4. The van der Waals surface area contributed by atoms with Crippen LogP contribution in [0.2, 0.25) is 0 Å². The van der Waals surface area contributed by atoms with Crippen molar-refractivity contribution in [2.24, 2.45) is 0 Å². The maximum absolute atomic E-state index is 2.09. The fourth-order valence-electron chi connectivity index (χ4n) is 1.59. The van der Waals surface area contributed by atoms with E-state index in [1.54, 1.807) is 0 Å². The quantitative estimate of drug-likeness (QED) is 0.653. The predicted octanol–water partition coefficient (Wildman–Crippen LogP) is 4.97. The maximum atomic E-state index is 2.09. The molecule has 0 heterocycles. The minimum Gasteiger partial charge on any atom is -0.0622 e. The van der Waals surface area contributed by atoms with Crippen LogP contribution in [0.5, 0.6) is 0 Å². The normalized spacial score (nSPS) is 11.8. The van der Waals surface area contributed by atoms with Gasteiger partial charge in [0.05, 0.1) is 0 Å². The standard InChI is InChI=1S/C18H16/c1(5-11-17-13-7-3-8-14-17)2-6-12-18-15-9-4-10-16-18/h1-16H/b2-1+,11-5-,12-6-. The lowest BCUT2D eigenvalue weighted by atomic mass is 10.2. The zero-order valence-electron chi connectivity index (χ0n) is 10.2. The van der Waals surface area contributed by atoms with Gasteiger partial charge in [-0.25, -0.2) is 0 Å². The van der Waals surface area contributed by atoms with E-state index >= 15 is 0 Å². The smallest absolute Gasteiger partial charge is 0.0257 e. The Morgan fingerprint density at radius 2 is 0.833 bits per heavy atom. The first kappa shape index (κ1) is 12.1. The van der Waals surface area contributed by atoms with Crippen molar-refractivity contribution in [1.82, 2.24) is 0 Å². The highest BCUT2D eigenvalue weighted by Gasteiger charge is 1.80. The second-order valence-corrected chi connectivity index (χ2v) is 3.92. The summed E-state index contributed by atoms with van der Waals surface area (Å²) in [5.41, 5.74) is 2.43. The average molecular weight is 232 g/mol. The molecule has 18 heavy (non-hydrogen) atoms. The van der Waals surface area contributed by atoms with E-state index in [-0.39, 0.29) is 0 Å². The van der Waals surface area contributed by atoms with Crippen molar-refractivity contribution in [3.8, 4) is 0 Å². The fourth-order valence-corrected chi connectivity index (χ4v) is 1.59. The van der Waals surface area contributed by atoms with Crippen LogP contribution in [0.15, 0.2) is 85.0 Å². The summed E-state index contributed by atoms with van der Waals surface area (Å²) >= 11 is 0. The SMILES string of the molecule is C(=C/c1ccccc1)/C=C/C=C\c1ccccc1. The summed E-state index contributed by atoms with van der Waals surface area (Å²) in [5, 5.41) is 0. The van der Waals surface area contributed by atoms with Crippen molar-refractivity contribution in [2.45, 2.75) is 0 Å². The Balaban J connectivity index is 1.86. The zero-order valence-corrected chi connectivity index (χ0v) is 10.2. The Labute approximate surface area is 109 Å². The van der Waals surface area contributed by atoms with Crippen LogP contribution in [-0.2, 0) is 0 Å². The summed E-state index contributed by atoms with van der Waals surface area (Å²) < 4.78 is 0. The van der Waals surface area contributed by atoms with Crippen molar-refractivity contribution in [3.05, 3.63) is 96.1 Å². The molecular formula is C18H16. The molecule has 0 saturated heterocycles. The van der Waals surface area contributed by atoms with Crippen LogP contribution in [0.3, 0.4) is 0 Å². The molecular weight excluding hydrogens is 216 g/mol. The van der Waals surface area contributed by atoms with Gasteiger partial charge in [0, 0.05) is 0 Å². The van der Waals surface area contributed by atoms with Crippen LogP contribution >= 0.6 is 0 Å². The number of rotatable bonds is 4. The third kappa shape index (κ3) is 4.26. The van der Waals surface area contributed by atoms with Crippen LogP contribution in [0.4, 0.5) is 0 Å². The molecule has 0 aliphatic rings. The van der Waals surface area contributed by atoms with Crippen LogP contribution in [0.1, 0.15) is 11.1 Å². The molecule has 0 heteroatoms. The summed E-state index contributed by atoms with van der Waals surface area (Å²) in [7, 11) is 0. The topological polar surface area (TPSA) is 0 Å². The molecule has 0 spiro atoms. The summed E-state index contributed by atoms with van der Waals surface area (Å²) in [6, 6.07) is 20.6. The highest BCUT2D eigenvalue weighted by atomic mass is 13.9. The first-order chi connectivity index (χ1) is 8.95. The highest BCUT2D eigenvalue weighted by Crippen LogP contribution is 2.02. The van der Waals surface area contributed by atoms with E-state index in [0.717, 1.165) is 0 Å². The Morgan fingerprint density at radius 3 is 1.22 bits per heavy atom. The van der Waals surface area contributed by atoms with Gasteiger partial charge in [0.2, 0.25) is 0 Å². The summed E-state index contributed by atoms with van der Waals surface area (Å²) in [4.78, 5) is 0. The molecule has 0 saturated carbocycles. The molecule has 0 aliphatic heterocycles. The van der Waals surface area contributed by atoms with Gasteiger partial charge in [-0.2, -0.15) is 0 Å². The molecule has 0 atom stereocenters. The average Bonchev–Trinajstić information content (AvgIpc) is 2.45. The molecule has 0 bridgehead atoms. The van der Waals surface area contributed by atoms with Crippen molar-refractivity contribution < 1.29 is 0 Å². The molecule has 0 radical (unpaired) electrons. The molecule has 0 amide bonds. The van der Waals surface area contributed by atoms with Gasteiger partial charge < -0.3 is 0 Å². The van der Waals surface area contributed by atoms with Crippen molar-refractivity contribution in [2.75, 3.05) is 0 Å². The molecule has 0 aliphatic carbocycles. The lowest BCUT2D eigenvalue weighted by Gasteiger charge is -1.89. The van der Waals surface area contributed by atoms with Crippen LogP contribution in [0.25, 0.3) is 12.2 Å². The van der Waals surface area contributed by atoms with Gasteiger partial charge >= 0.3 is 0 Å². The number of hydrogen-bond donors (Lipinski definition) is 0. The largest absolute Gasteiger partial charge is 0.0622 e. The predicted molar refractivity (Wildman–Crippen MR) is 80.1 cm³/mol. The van der Waals surface area contributed by atoms with E-state index in [1.165, 1.54) is 11.1 Å². The minimum atomic E-state index is 1.22. The van der Waals surface area contributed by atoms with Crippen LogP contribution < -0.4 is 0 Å². The molecule has 2 aromatic carbocycles. The van der Waals surface area contributed by atoms with Gasteiger partial charge in [0.25, 0.3) is 0 Å².